The maximum absolute atomic E-state index is 3.88. The van der Waals surface area contributed by atoms with E-state index in [2.05, 4.69) is 4.98 Å². The molecule has 0 bridgehead atoms. The first-order valence-electron chi connectivity index (χ1n) is 1.74. The summed E-state index contributed by atoms with van der Waals surface area (Å²) >= 11 is 2.88. The van der Waals surface area contributed by atoms with E-state index in [0.717, 1.165) is 27.9 Å². The number of hydrogen-bond donors (Lipinski definition) is 0. The predicted molar refractivity (Wildman–Crippen MR) is 27.5 cm³/mol. The van der Waals surface area contributed by atoms with Crippen molar-refractivity contribution in [2.45, 2.75) is 0 Å². The van der Waals surface area contributed by atoms with Crippen molar-refractivity contribution in [3.05, 3.63) is 11.7 Å². The Kier molecular flexibility index (Phi) is 1.65. The average Bonchev–Trinajstić information content (AvgIpc) is 1.86. The molecule has 0 aliphatic rings. The SMILES string of the molecule is [Na][c]1cncs1. The van der Waals surface area contributed by atoms with Gasteiger partial charge < -0.3 is 0 Å². The molecule has 1 aromatic heterocycles. The van der Waals surface area contributed by atoms with Crippen LogP contribution in [0.15, 0.2) is 11.7 Å². The van der Waals surface area contributed by atoms with Crippen molar-refractivity contribution >= 4 is 41.4 Å². The molecule has 26 valence electrons. The van der Waals surface area contributed by atoms with Crippen molar-refractivity contribution in [3.63, 3.8) is 0 Å². The van der Waals surface area contributed by atoms with Crippen LogP contribution in [0.5, 0.6) is 0 Å². The average molecular weight is 107 g/mol. The number of nitrogens with zero attached hydrogens (tertiary/aromatic N) is 1. The summed E-state index contributed by atoms with van der Waals surface area (Å²) in [4.78, 5) is 3.88. The first-order chi connectivity index (χ1) is 2.89. The molecule has 1 nitrogen and oxygen atoms in total. The molecule has 1 rings (SSSR count). The second-order valence-corrected chi connectivity index (χ2v) is 4.00. The number of rotatable bonds is 0. The molecule has 0 aliphatic heterocycles. The Morgan fingerprint density at radius 3 is 2.83 bits per heavy atom. The topological polar surface area (TPSA) is 12.9 Å². The van der Waals surface area contributed by atoms with Crippen LogP contribution in [-0.4, -0.2) is 32.9 Å². The summed E-state index contributed by atoms with van der Waals surface area (Å²) in [5.74, 6) is 0. The monoisotopic (exact) mass is 107 g/mol. The predicted octanol–water partition coefficient (Wildman–Crippen LogP) is -0.0631. The van der Waals surface area contributed by atoms with Gasteiger partial charge in [-0.3, -0.25) is 0 Å². The van der Waals surface area contributed by atoms with E-state index in [0.29, 0.717) is 0 Å². The molecule has 0 fully saturated rings. The molecular weight excluding hydrogens is 105 g/mol. The first kappa shape index (κ1) is 4.78. The molecule has 0 aliphatic carbocycles. The Morgan fingerprint density at radius 2 is 2.67 bits per heavy atom. The van der Waals surface area contributed by atoms with Gasteiger partial charge in [-0.05, 0) is 0 Å². The van der Waals surface area contributed by atoms with Crippen molar-refractivity contribution in [2.75, 3.05) is 0 Å². The first-order valence-corrected chi connectivity index (χ1v) is 3.62. The molecule has 0 aromatic carbocycles. The summed E-state index contributed by atoms with van der Waals surface area (Å²) in [7, 11) is 0. The second-order valence-electron chi connectivity index (χ2n) is 1.11. The summed E-state index contributed by atoms with van der Waals surface area (Å²) in [6.07, 6.45) is 1.91. The van der Waals surface area contributed by atoms with Crippen LogP contribution in [0.25, 0.3) is 0 Å². The Labute approximate surface area is 57.8 Å². The molecule has 0 spiro atoms. The van der Waals surface area contributed by atoms with E-state index in [9.17, 15) is 0 Å². The zero-order valence-electron chi connectivity index (χ0n) is 3.51. The molecule has 0 N–H and O–H groups in total. The molecule has 3 heteroatoms. The van der Waals surface area contributed by atoms with E-state index < -0.39 is 0 Å². The molecule has 0 saturated heterocycles. The van der Waals surface area contributed by atoms with Gasteiger partial charge >= 0.3 is 58.1 Å². The Hall–Kier alpha value is 0.630. The van der Waals surface area contributed by atoms with Gasteiger partial charge in [0.2, 0.25) is 0 Å². The van der Waals surface area contributed by atoms with Crippen molar-refractivity contribution < 1.29 is 0 Å². The molecule has 0 amide bonds. The van der Waals surface area contributed by atoms with Gasteiger partial charge in [0.25, 0.3) is 0 Å². The Morgan fingerprint density at radius 1 is 1.83 bits per heavy atom. The summed E-state index contributed by atoms with van der Waals surface area (Å²) in [5.41, 5.74) is 1.86. The van der Waals surface area contributed by atoms with Crippen LogP contribution in [0.1, 0.15) is 0 Å². The molecule has 0 radical (unpaired) electrons. The van der Waals surface area contributed by atoms with Crippen LogP contribution in [0.3, 0.4) is 0 Å². The van der Waals surface area contributed by atoms with Gasteiger partial charge in [-0.15, -0.1) is 0 Å². The number of hydrogen-bond acceptors (Lipinski definition) is 2. The standard InChI is InChI=1S/C3H2NS.Na/c1-2-5-3-4-1;/h1,3H;. The summed E-state index contributed by atoms with van der Waals surface area (Å²) < 4.78 is 1.41. The van der Waals surface area contributed by atoms with Crippen LogP contribution in [0.4, 0.5) is 0 Å². The van der Waals surface area contributed by atoms with E-state index in [4.69, 9.17) is 0 Å². The second kappa shape index (κ2) is 2.07. The van der Waals surface area contributed by atoms with E-state index in [1.54, 1.807) is 11.3 Å². The van der Waals surface area contributed by atoms with Crippen LogP contribution < -0.4 is 2.13 Å². The van der Waals surface area contributed by atoms with Crippen molar-refractivity contribution in [2.24, 2.45) is 0 Å². The maximum atomic E-state index is 3.88. The van der Waals surface area contributed by atoms with Gasteiger partial charge in [-0.25, -0.2) is 0 Å². The van der Waals surface area contributed by atoms with E-state index in [-0.39, 0.29) is 0 Å². The third kappa shape index (κ3) is 1.05. The minimum atomic E-state index is 1.15. The Bertz CT molecular complexity index is 114. The van der Waals surface area contributed by atoms with E-state index in [1.165, 1.54) is 2.13 Å². The molecule has 0 unspecified atom stereocenters. The van der Waals surface area contributed by atoms with Gasteiger partial charge in [0.15, 0.2) is 0 Å². The fraction of sp³-hybridized carbons (Fsp3) is 0. The number of thiazole rings is 1. The van der Waals surface area contributed by atoms with E-state index >= 15 is 0 Å². The number of aromatic nitrogens is 1. The van der Waals surface area contributed by atoms with Crippen molar-refractivity contribution in [1.82, 2.24) is 4.98 Å². The summed E-state index contributed by atoms with van der Waals surface area (Å²) in [6, 6.07) is 0. The zero-order chi connectivity index (χ0) is 4.41. The molecule has 1 aromatic rings. The quantitative estimate of drug-likeness (QED) is 0.423. The van der Waals surface area contributed by atoms with Crippen molar-refractivity contribution in [1.29, 1.82) is 0 Å². The van der Waals surface area contributed by atoms with Gasteiger partial charge in [0, 0.05) is 0 Å². The third-order valence-electron chi connectivity index (χ3n) is 0.556. The van der Waals surface area contributed by atoms with Gasteiger partial charge in [-0.2, -0.15) is 0 Å². The normalized spacial score (nSPS) is 9.00. The van der Waals surface area contributed by atoms with Crippen LogP contribution >= 0.6 is 11.3 Å². The van der Waals surface area contributed by atoms with E-state index in [1.807, 2.05) is 11.7 Å². The summed E-state index contributed by atoms with van der Waals surface area (Å²) in [5, 5.41) is 0. The molecule has 6 heavy (non-hydrogen) atoms. The van der Waals surface area contributed by atoms with Gasteiger partial charge in [-0.1, -0.05) is 0 Å². The fourth-order valence-corrected chi connectivity index (χ4v) is 1.15. The molecular formula is C3H2NNaS. The van der Waals surface area contributed by atoms with Crippen LogP contribution in [-0.2, 0) is 0 Å². The Balaban J connectivity index is 3.05. The fourth-order valence-electron chi connectivity index (χ4n) is 0.279. The van der Waals surface area contributed by atoms with Gasteiger partial charge in [0.05, 0.1) is 0 Å². The summed E-state index contributed by atoms with van der Waals surface area (Å²) in [6.45, 7) is 0. The zero-order valence-corrected chi connectivity index (χ0v) is 6.33. The van der Waals surface area contributed by atoms with Crippen molar-refractivity contribution in [3.8, 4) is 0 Å². The van der Waals surface area contributed by atoms with Crippen LogP contribution in [0, 0.1) is 0 Å². The molecule has 1 heterocycles. The molecule has 0 saturated carbocycles. The van der Waals surface area contributed by atoms with Gasteiger partial charge in [0.1, 0.15) is 0 Å². The van der Waals surface area contributed by atoms with Crippen LogP contribution in [0.2, 0.25) is 0 Å². The third-order valence-corrected chi connectivity index (χ3v) is 2.23. The minimum absolute atomic E-state index is 1.15. The molecule has 0 atom stereocenters.